The molecule has 0 aliphatic carbocycles. The van der Waals surface area contributed by atoms with Gasteiger partial charge in [-0.2, -0.15) is 0 Å². The Morgan fingerprint density at radius 3 is 2.50 bits per heavy atom. The molecule has 0 fully saturated rings. The van der Waals surface area contributed by atoms with Gasteiger partial charge in [-0.05, 0) is 39.3 Å². The van der Waals surface area contributed by atoms with E-state index in [2.05, 4.69) is 5.32 Å². The van der Waals surface area contributed by atoms with E-state index in [1.807, 2.05) is 0 Å². The van der Waals surface area contributed by atoms with Crippen molar-refractivity contribution in [2.45, 2.75) is 39.2 Å². The van der Waals surface area contributed by atoms with Gasteiger partial charge in [-0.25, -0.2) is 4.79 Å². The maximum Gasteiger partial charge on any atom is 0.412 e. The number of nitrogens with one attached hydrogen (secondary N) is 1. The summed E-state index contributed by atoms with van der Waals surface area (Å²) in [5, 5.41) is 2.61. The molecule has 0 unspecified atom stereocenters. The molecule has 0 saturated heterocycles. The van der Waals surface area contributed by atoms with Crippen molar-refractivity contribution in [1.29, 1.82) is 0 Å². The smallest absolute Gasteiger partial charge is 0.412 e. The first-order chi connectivity index (χ1) is 9.33. The Bertz CT molecular complexity index is 480. The van der Waals surface area contributed by atoms with Crippen molar-refractivity contribution in [3.05, 3.63) is 29.8 Å². The van der Waals surface area contributed by atoms with Crippen LogP contribution in [0.25, 0.3) is 0 Å². The van der Waals surface area contributed by atoms with Crippen LogP contribution in [-0.2, 0) is 4.74 Å². The number of benzene rings is 1. The normalized spacial score (nSPS) is 11.0. The molecule has 0 bridgehead atoms. The topological polar surface area (TPSA) is 55.4 Å². The lowest BCUT2D eigenvalue weighted by Gasteiger charge is -2.20. The molecule has 0 saturated carbocycles. The van der Waals surface area contributed by atoms with E-state index in [4.69, 9.17) is 16.3 Å². The van der Waals surface area contributed by atoms with E-state index in [0.29, 0.717) is 30.0 Å². The van der Waals surface area contributed by atoms with Crippen LogP contribution in [0, 0.1) is 0 Å². The molecule has 5 heteroatoms. The van der Waals surface area contributed by atoms with Gasteiger partial charge in [0.05, 0.1) is 5.69 Å². The summed E-state index contributed by atoms with van der Waals surface area (Å²) in [6.45, 7) is 5.35. The minimum absolute atomic E-state index is 0.0442. The molecule has 1 aromatic carbocycles. The summed E-state index contributed by atoms with van der Waals surface area (Å²) in [6, 6.07) is 6.88. The second-order valence-corrected chi connectivity index (χ2v) is 5.77. The lowest BCUT2D eigenvalue weighted by molar-refractivity contribution is 0.0636. The Morgan fingerprint density at radius 2 is 1.90 bits per heavy atom. The molecule has 0 aliphatic heterocycles. The third-order valence-corrected chi connectivity index (χ3v) is 2.67. The number of Topliss-reactive ketones (excluding diaryl/α,β-unsaturated/α-hetero) is 1. The van der Waals surface area contributed by atoms with Crippen molar-refractivity contribution in [2.75, 3.05) is 11.2 Å². The van der Waals surface area contributed by atoms with Gasteiger partial charge in [0.15, 0.2) is 5.78 Å². The van der Waals surface area contributed by atoms with Crippen LogP contribution < -0.4 is 5.32 Å². The summed E-state index contributed by atoms with van der Waals surface area (Å²) in [4.78, 5) is 23.8. The minimum Gasteiger partial charge on any atom is -0.444 e. The highest BCUT2D eigenvalue weighted by Crippen LogP contribution is 2.19. The van der Waals surface area contributed by atoms with Gasteiger partial charge in [-0.3, -0.25) is 10.1 Å². The average molecular weight is 298 g/mol. The predicted molar refractivity (Wildman–Crippen MR) is 80.6 cm³/mol. The second kappa shape index (κ2) is 7.29. The fourth-order valence-corrected chi connectivity index (χ4v) is 1.74. The summed E-state index contributed by atoms with van der Waals surface area (Å²) in [6.07, 6.45) is 0.396. The van der Waals surface area contributed by atoms with E-state index in [0.717, 1.165) is 0 Å². The number of ketones is 1. The quantitative estimate of drug-likeness (QED) is 0.653. The van der Waals surface area contributed by atoms with Gasteiger partial charge in [0.1, 0.15) is 5.60 Å². The van der Waals surface area contributed by atoms with Crippen LogP contribution in [0.5, 0.6) is 0 Å². The molecule has 0 spiro atoms. The molecule has 20 heavy (non-hydrogen) atoms. The highest BCUT2D eigenvalue weighted by Gasteiger charge is 2.18. The first-order valence-electron chi connectivity index (χ1n) is 6.51. The van der Waals surface area contributed by atoms with Gasteiger partial charge in [-0.15, -0.1) is 11.6 Å². The van der Waals surface area contributed by atoms with Crippen molar-refractivity contribution in [3.8, 4) is 0 Å². The summed E-state index contributed by atoms with van der Waals surface area (Å²) in [5.74, 6) is 0.394. The zero-order valence-electron chi connectivity index (χ0n) is 12.0. The molecule has 0 heterocycles. The van der Waals surface area contributed by atoms with Crippen LogP contribution >= 0.6 is 11.6 Å². The molecular weight excluding hydrogens is 278 g/mol. The molecule has 0 aromatic heterocycles. The summed E-state index contributed by atoms with van der Waals surface area (Å²) in [7, 11) is 0. The van der Waals surface area contributed by atoms with Crippen molar-refractivity contribution < 1.29 is 14.3 Å². The van der Waals surface area contributed by atoms with Crippen molar-refractivity contribution in [3.63, 3.8) is 0 Å². The number of anilines is 1. The van der Waals surface area contributed by atoms with Crippen LogP contribution in [0.1, 0.15) is 44.0 Å². The van der Waals surface area contributed by atoms with Crippen molar-refractivity contribution in [2.24, 2.45) is 0 Å². The van der Waals surface area contributed by atoms with Crippen LogP contribution in [0.4, 0.5) is 10.5 Å². The first kappa shape index (κ1) is 16.5. The van der Waals surface area contributed by atoms with Crippen molar-refractivity contribution >= 4 is 29.2 Å². The highest BCUT2D eigenvalue weighted by atomic mass is 35.5. The predicted octanol–water partition coefficient (Wildman–Crippen LogP) is 4.24. The summed E-state index contributed by atoms with van der Waals surface area (Å²) in [5.41, 5.74) is 0.353. The lowest BCUT2D eigenvalue weighted by atomic mass is 10.1. The van der Waals surface area contributed by atoms with Gasteiger partial charge in [0, 0.05) is 17.9 Å². The summed E-state index contributed by atoms with van der Waals surface area (Å²) < 4.78 is 5.18. The Morgan fingerprint density at radius 1 is 1.25 bits per heavy atom. The molecule has 0 atom stereocenters. The SMILES string of the molecule is CC(C)(C)OC(=O)Nc1ccccc1C(=O)CCCCl. The van der Waals surface area contributed by atoms with Gasteiger partial charge < -0.3 is 4.74 Å². The number of hydrogen-bond acceptors (Lipinski definition) is 3. The second-order valence-electron chi connectivity index (χ2n) is 5.39. The van der Waals surface area contributed by atoms with Crippen LogP contribution in [0.15, 0.2) is 24.3 Å². The molecule has 1 N–H and O–H groups in total. The molecular formula is C15H20ClNO3. The fourth-order valence-electron chi connectivity index (χ4n) is 1.61. The fraction of sp³-hybridized carbons (Fsp3) is 0.467. The zero-order valence-corrected chi connectivity index (χ0v) is 12.8. The van der Waals surface area contributed by atoms with Gasteiger partial charge in [0.25, 0.3) is 0 Å². The van der Waals surface area contributed by atoms with Crippen LogP contribution in [0.3, 0.4) is 0 Å². The van der Waals surface area contributed by atoms with Gasteiger partial charge in [0.2, 0.25) is 0 Å². The molecule has 0 radical (unpaired) electrons. The number of para-hydroxylation sites is 1. The number of halogens is 1. The summed E-state index contributed by atoms with van der Waals surface area (Å²) >= 11 is 5.59. The Balaban J connectivity index is 2.80. The number of amides is 1. The number of hydrogen-bond donors (Lipinski definition) is 1. The lowest BCUT2D eigenvalue weighted by Crippen LogP contribution is -2.27. The van der Waals surface area contributed by atoms with Gasteiger partial charge >= 0.3 is 6.09 Å². The Hall–Kier alpha value is -1.55. The molecule has 1 amide bonds. The number of rotatable bonds is 5. The van der Waals surface area contributed by atoms with E-state index in [-0.39, 0.29) is 5.78 Å². The zero-order chi connectivity index (χ0) is 15.2. The first-order valence-corrected chi connectivity index (χ1v) is 7.05. The Labute approximate surface area is 124 Å². The van der Waals surface area contributed by atoms with E-state index in [9.17, 15) is 9.59 Å². The third kappa shape index (κ3) is 5.61. The molecule has 1 rings (SSSR count). The molecule has 1 aromatic rings. The van der Waals surface area contributed by atoms with Crippen LogP contribution in [-0.4, -0.2) is 23.4 Å². The van der Waals surface area contributed by atoms with E-state index < -0.39 is 11.7 Å². The van der Waals surface area contributed by atoms with Crippen LogP contribution in [0.2, 0.25) is 0 Å². The number of alkyl halides is 1. The van der Waals surface area contributed by atoms with E-state index >= 15 is 0 Å². The average Bonchev–Trinajstić information content (AvgIpc) is 2.34. The Kier molecular flexibility index (Phi) is 6.02. The number of carbonyl (C=O) groups is 2. The third-order valence-electron chi connectivity index (χ3n) is 2.40. The van der Waals surface area contributed by atoms with Gasteiger partial charge in [-0.1, -0.05) is 12.1 Å². The largest absolute Gasteiger partial charge is 0.444 e. The molecule has 110 valence electrons. The monoisotopic (exact) mass is 297 g/mol. The highest BCUT2D eigenvalue weighted by molar-refractivity contribution is 6.18. The molecule has 0 aliphatic rings. The number of carbonyl (C=O) groups excluding carboxylic acids is 2. The van der Waals surface area contributed by atoms with E-state index in [1.165, 1.54) is 0 Å². The number of ether oxygens (including phenoxy) is 1. The minimum atomic E-state index is -0.582. The standard InChI is InChI=1S/C15H20ClNO3/c1-15(2,3)20-14(19)17-12-8-5-4-7-11(12)13(18)9-6-10-16/h4-5,7-8H,6,9-10H2,1-3H3,(H,17,19). The van der Waals surface area contributed by atoms with Crippen molar-refractivity contribution in [1.82, 2.24) is 0 Å². The van der Waals surface area contributed by atoms with E-state index in [1.54, 1.807) is 45.0 Å². The molecule has 4 nitrogen and oxygen atoms in total. The maximum atomic E-state index is 12.0. The maximum absolute atomic E-state index is 12.0.